The van der Waals surface area contributed by atoms with Crippen LogP contribution in [0.1, 0.15) is 5.56 Å². The van der Waals surface area contributed by atoms with Gasteiger partial charge in [0.1, 0.15) is 0 Å². The van der Waals surface area contributed by atoms with Gasteiger partial charge >= 0.3 is 0 Å². The summed E-state index contributed by atoms with van der Waals surface area (Å²) in [6, 6.07) is 10.1. The quantitative estimate of drug-likeness (QED) is 0.648. The first kappa shape index (κ1) is 9.96. The highest BCUT2D eigenvalue weighted by atomic mass is 28.3. The average molecular weight is 190 g/mol. The van der Waals surface area contributed by atoms with Crippen LogP contribution in [0.2, 0.25) is 0 Å². The van der Waals surface area contributed by atoms with Crippen LogP contribution < -0.4 is 0 Å². The van der Waals surface area contributed by atoms with Crippen molar-refractivity contribution in [1.82, 2.24) is 0 Å². The molecule has 68 valence electrons. The van der Waals surface area contributed by atoms with E-state index < -0.39 is 9.04 Å². The van der Waals surface area contributed by atoms with Crippen LogP contribution in [-0.2, 0) is 11.0 Å². The molecule has 0 atom stereocenters. The van der Waals surface area contributed by atoms with Crippen LogP contribution in [0.25, 0.3) is 0 Å². The van der Waals surface area contributed by atoms with E-state index in [1.807, 2.05) is 29.6 Å². The largest absolute Gasteiger partial charge is 0.408 e. The highest BCUT2D eigenvalue weighted by Gasteiger charge is 2.00. The fourth-order valence-electron chi connectivity index (χ4n) is 0.999. The minimum absolute atomic E-state index is 0.662. The van der Waals surface area contributed by atoms with E-state index >= 15 is 0 Å². The molecule has 1 nitrogen and oxygen atoms in total. The maximum absolute atomic E-state index is 5.63. The SMILES string of the molecule is C=C[SiH](C=C)OCc1ccccc1. The fourth-order valence-corrected chi connectivity index (χ4v) is 1.85. The van der Waals surface area contributed by atoms with Gasteiger partial charge in [-0.25, -0.2) is 0 Å². The van der Waals surface area contributed by atoms with Crippen LogP contribution >= 0.6 is 0 Å². The van der Waals surface area contributed by atoms with Gasteiger partial charge in [0, 0.05) is 0 Å². The Hall–Kier alpha value is -1.12. The van der Waals surface area contributed by atoms with Crippen LogP contribution in [0.5, 0.6) is 0 Å². The molecule has 0 N–H and O–H groups in total. The van der Waals surface area contributed by atoms with Crippen molar-refractivity contribution in [2.75, 3.05) is 0 Å². The minimum atomic E-state index is -1.33. The zero-order valence-corrected chi connectivity index (χ0v) is 8.80. The Labute approximate surface area is 81.1 Å². The van der Waals surface area contributed by atoms with E-state index in [1.165, 1.54) is 5.56 Å². The van der Waals surface area contributed by atoms with Crippen molar-refractivity contribution in [3.63, 3.8) is 0 Å². The molecule has 13 heavy (non-hydrogen) atoms. The molecule has 1 rings (SSSR count). The van der Waals surface area contributed by atoms with E-state index in [9.17, 15) is 0 Å². The molecule has 0 unspecified atom stereocenters. The molecule has 0 heterocycles. The summed E-state index contributed by atoms with van der Waals surface area (Å²) in [5, 5.41) is 0. The normalized spacial score (nSPS) is 9.92. The van der Waals surface area contributed by atoms with Crippen molar-refractivity contribution in [2.24, 2.45) is 0 Å². The smallest absolute Gasteiger partial charge is 0.224 e. The second-order valence-electron chi connectivity index (χ2n) is 2.73. The molecule has 0 aliphatic heterocycles. The lowest BCUT2D eigenvalue weighted by Crippen LogP contribution is -2.11. The van der Waals surface area contributed by atoms with E-state index in [0.717, 1.165) is 0 Å². The Morgan fingerprint density at radius 1 is 1.15 bits per heavy atom. The number of benzene rings is 1. The van der Waals surface area contributed by atoms with Crippen molar-refractivity contribution >= 4 is 9.04 Å². The second kappa shape index (κ2) is 5.51. The summed E-state index contributed by atoms with van der Waals surface area (Å²) in [4.78, 5) is 0. The van der Waals surface area contributed by atoms with Crippen molar-refractivity contribution < 1.29 is 4.43 Å². The Balaban J connectivity index is 2.42. The Bertz CT molecular complexity index is 261. The summed E-state index contributed by atoms with van der Waals surface area (Å²) in [6.07, 6.45) is 0. The third-order valence-corrected chi connectivity index (χ3v) is 3.23. The first-order valence-electron chi connectivity index (χ1n) is 4.27. The van der Waals surface area contributed by atoms with Crippen LogP contribution in [0.4, 0.5) is 0 Å². The highest BCUT2D eigenvalue weighted by molar-refractivity contribution is 6.62. The molecule has 1 aromatic carbocycles. The van der Waals surface area contributed by atoms with Crippen LogP contribution in [0, 0.1) is 0 Å². The summed E-state index contributed by atoms with van der Waals surface area (Å²) >= 11 is 0. The molecule has 0 bridgehead atoms. The molecular weight excluding hydrogens is 176 g/mol. The van der Waals surface area contributed by atoms with Gasteiger partial charge in [0.15, 0.2) is 0 Å². The Morgan fingerprint density at radius 2 is 1.77 bits per heavy atom. The molecule has 0 amide bonds. The van der Waals surface area contributed by atoms with Gasteiger partial charge < -0.3 is 4.43 Å². The Morgan fingerprint density at radius 3 is 2.31 bits per heavy atom. The molecule has 0 aromatic heterocycles. The summed E-state index contributed by atoms with van der Waals surface area (Å²) in [5.74, 6) is 0. The standard InChI is InChI=1S/C11H14OSi/c1-3-13(4-2)12-10-11-8-6-5-7-9-11/h3-9,13H,1-2,10H2. The number of rotatable bonds is 5. The van der Waals surface area contributed by atoms with Crippen LogP contribution in [-0.4, -0.2) is 9.04 Å². The third-order valence-electron chi connectivity index (χ3n) is 1.75. The number of hydrogen-bond donors (Lipinski definition) is 0. The van der Waals surface area contributed by atoms with Gasteiger partial charge in [0.2, 0.25) is 9.04 Å². The third kappa shape index (κ3) is 3.40. The van der Waals surface area contributed by atoms with Crippen molar-refractivity contribution in [3.8, 4) is 0 Å². The van der Waals surface area contributed by atoms with Gasteiger partial charge in [0.05, 0.1) is 6.61 Å². The van der Waals surface area contributed by atoms with E-state index in [4.69, 9.17) is 4.43 Å². The first-order valence-corrected chi connectivity index (χ1v) is 6.08. The minimum Gasteiger partial charge on any atom is -0.408 e. The van der Waals surface area contributed by atoms with Gasteiger partial charge in [-0.2, -0.15) is 0 Å². The van der Waals surface area contributed by atoms with Gasteiger partial charge in [0.25, 0.3) is 0 Å². The Kier molecular flexibility index (Phi) is 4.22. The summed E-state index contributed by atoms with van der Waals surface area (Å²) < 4.78 is 5.63. The zero-order chi connectivity index (χ0) is 9.52. The lowest BCUT2D eigenvalue weighted by molar-refractivity contribution is 0.320. The van der Waals surface area contributed by atoms with Crippen molar-refractivity contribution in [2.45, 2.75) is 6.61 Å². The molecule has 0 aliphatic carbocycles. The lowest BCUT2D eigenvalue weighted by atomic mass is 10.2. The predicted molar refractivity (Wildman–Crippen MR) is 58.8 cm³/mol. The van der Waals surface area contributed by atoms with E-state index in [2.05, 4.69) is 25.3 Å². The van der Waals surface area contributed by atoms with E-state index in [1.54, 1.807) is 0 Å². The van der Waals surface area contributed by atoms with Gasteiger partial charge in [-0.3, -0.25) is 0 Å². The highest BCUT2D eigenvalue weighted by Crippen LogP contribution is 2.02. The topological polar surface area (TPSA) is 9.23 Å². The molecule has 2 heteroatoms. The zero-order valence-electron chi connectivity index (χ0n) is 7.65. The average Bonchev–Trinajstić information content (AvgIpc) is 2.21. The van der Waals surface area contributed by atoms with Gasteiger partial charge in [-0.15, -0.1) is 13.2 Å². The van der Waals surface area contributed by atoms with Crippen LogP contribution in [0.3, 0.4) is 0 Å². The van der Waals surface area contributed by atoms with Crippen molar-refractivity contribution in [3.05, 3.63) is 60.5 Å². The molecule has 1 aromatic rings. The maximum Gasteiger partial charge on any atom is 0.224 e. The van der Waals surface area contributed by atoms with Crippen LogP contribution in [0.15, 0.2) is 54.9 Å². The molecule has 0 saturated heterocycles. The lowest BCUT2D eigenvalue weighted by Gasteiger charge is -2.07. The molecule has 0 saturated carbocycles. The van der Waals surface area contributed by atoms with Crippen molar-refractivity contribution in [1.29, 1.82) is 0 Å². The molecule has 0 aliphatic rings. The molecule has 0 fully saturated rings. The summed E-state index contributed by atoms with van der Waals surface area (Å²) in [7, 11) is -1.33. The molecular formula is C11H14OSi. The monoisotopic (exact) mass is 190 g/mol. The van der Waals surface area contributed by atoms with E-state index in [0.29, 0.717) is 6.61 Å². The second-order valence-corrected chi connectivity index (χ2v) is 4.94. The molecule has 0 spiro atoms. The van der Waals surface area contributed by atoms with Gasteiger partial charge in [-0.1, -0.05) is 41.7 Å². The maximum atomic E-state index is 5.63. The number of hydrogen-bond acceptors (Lipinski definition) is 1. The summed E-state index contributed by atoms with van der Waals surface area (Å²) in [6.45, 7) is 8.08. The van der Waals surface area contributed by atoms with E-state index in [-0.39, 0.29) is 0 Å². The summed E-state index contributed by atoms with van der Waals surface area (Å²) in [5.41, 5.74) is 4.94. The fraction of sp³-hybridized carbons (Fsp3) is 0.0909. The van der Waals surface area contributed by atoms with Gasteiger partial charge in [-0.05, 0) is 5.56 Å². The molecule has 0 radical (unpaired) electrons. The predicted octanol–water partition coefficient (Wildman–Crippen LogP) is 2.38. The first-order chi connectivity index (χ1) is 6.36.